The van der Waals surface area contributed by atoms with Gasteiger partial charge in [-0.25, -0.2) is 4.79 Å². The highest BCUT2D eigenvalue weighted by Gasteiger charge is 2.62. The van der Waals surface area contributed by atoms with E-state index in [0.29, 0.717) is 11.5 Å². The lowest BCUT2D eigenvalue weighted by Gasteiger charge is -2.46. The van der Waals surface area contributed by atoms with Gasteiger partial charge in [-0.2, -0.15) is 0 Å². The fourth-order valence-electron chi connectivity index (χ4n) is 5.13. The van der Waals surface area contributed by atoms with E-state index in [4.69, 9.17) is 14.2 Å². The third-order valence-corrected chi connectivity index (χ3v) is 6.61. The first-order valence-corrected chi connectivity index (χ1v) is 10.8. The Kier molecular flexibility index (Phi) is 6.82. The van der Waals surface area contributed by atoms with Crippen molar-refractivity contribution in [3.8, 4) is 0 Å². The zero-order valence-corrected chi connectivity index (χ0v) is 18.0. The second-order valence-corrected chi connectivity index (χ2v) is 9.30. The van der Waals surface area contributed by atoms with Crippen LogP contribution in [0.1, 0.15) is 63.7 Å². The van der Waals surface area contributed by atoms with Crippen molar-refractivity contribution in [3.63, 3.8) is 0 Å². The Hall–Kier alpha value is -1.39. The molecule has 1 aliphatic carbocycles. The number of epoxide rings is 1. The summed E-state index contributed by atoms with van der Waals surface area (Å²) in [6, 6.07) is 9.23. The van der Waals surface area contributed by atoms with E-state index in [1.807, 2.05) is 18.2 Å². The molecular weight excluding hydrogens is 352 g/mol. The normalized spacial score (nSPS) is 33.1. The number of ether oxygens (including phenoxy) is 3. The number of hydrogen-bond acceptors (Lipinski definition) is 4. The number of benzene rings is 1. The highest BCUT2D eigenvalue weighted by molar-refractivity contribution is 5.89. The molecule has 3 rings (SSSR count). The molecule has 4 heteroatoms. The van der Waals surface area contributed by atoms with Crippen molar-refractivity contribution < 1.29 is 19.0 Å². The Labute approximate surface area is 169 Å². The third kappa shape index (κ3) is 4.60. The molecule has 1 saturated heterocycles. The second kappa shape index (κ2) is 8.96. The third-order valence-electron chi connectivity index (χ3n) is 6.61. The molecule has 0 N–H and O–H groups in total. The van der Waals surface area contributed by atoms with E-state index >= 15 is 0 Å². The zero-order chi connectivity index (χ0) is 20.3. The highest BCUT2D eigenvalue weighted by Crippen LogP contribution is 2.53. The lowest BCUT2D eigenvalue weighted by Crippen LogP contribution is -2.55. The summed E-state index contributed by atoms with van der Waals surface area (Å²) in [6.45, 7) is 9.81. The van der Waals surface area contributed by atoms with Gasteiger partial charge in [-0.05, 0) is 36.3 Å². The number of methoxy groups -OCH3 is 1. The van der Waals surface area contributed by atoms with Crippen molar-refractivity contribution >= 4 is 5.97 Å². The maximum atomic E-state index is 12.7. The first-order chi connectivity index (χ1) is 13.4. The van der Waals surface area contributed by atoms with Gasteiger partial charge in [0.05, 0.1) is 17.8 Å². The molecule has 1 aromatic rings. The van der Waals surface area contributed by atoms with Gasteiger partial charge in [0.2, 0.25) is 0 Å². The molecular formula is C24H36O4. The molecule has 28 heavy (non-hydrogen) atoms. The van der Waals surface area contributed by atoms with E-state index in [9.17, 15) is 4.79 Å². The van der Waals surface area contributed by atoms with Crippen LogP contribution in [0.15, 0.2) is 30.3 Å². The summed E-state index contributed by atoms with van der Waals surface area (Å²) in [5, 5.41) is 0. The van der Waals surface area contributed by atoms with E-state index < -0.39 is 0 Å². The smallest absolute Gasteiger partial charge is 0.338 e. The molecule has 6 atom stereocenters. The van der Waals surface area contributed by atoms with Crippen LogP contribution in [-0.2, 0) is 14.2 Å². The molecule has 0 amide bonds. The van der Waals surface area contributed by atoms with Crippen LogP contribution in [0.2, 0.25) is 0 Å². The Morgan fingerprint density at radius 2 is 1.86 bits per heavy atom. The minimum atomic E-state index is -0.265. The Balaban J connectivity index is 1.74. The van der Waals surface area contributed by atoms with E-state index in [0.717, 1.165) is 25.4 Å². The Morgan fingerprint density at radius 3 is 2.43 bits per heavy atom. The number of esters is 1. The largest absolute Gasteiger partial charge is 0.456 e. The van der Waals surface area contributed by atoms with Crippen LogP contribution in [0.5, 0.6) is 0 Å². The molecule has 2 aliphatic rings. The van der Waals surface area contributed by atoms with Gasteiger partial charge >= 0.3 is 5.97 Å². The summed E-state index contributed by atoms with van der Waals surface area (Å²) in [7, 11) is 1.75. The predicted octanol–water partition coefficient (Wildman–Crippen LogP) is 5.11. The van der Waals surface area contributed by atoms with E-state index in [1.54, 1.807) is 19.2 Å². The minimum absolute atomic E-state index is 0.0903. The van der Waals surface area contributed by atoms with Crippen molar-refractivity contribution in [1.29, 1.82) is 0 Å². The predicted molar refractivity (Wildman–Crippen MR) is 110 cm³/mol. The average molecular weight is 389 g/mol. The minimum Gasteiger partial charge on any atom is -0.456 e. The van der Waals surface area contributed by atoms with Gasteiger partial charge in [0, 0.05) is 13.0 Å². The van der Waals surface area contributed by atoms with Crippen molar-refractivity contribution in [1.82, 2.24) is 0 Å². The molecule has 0 radical (unpaired) electrons. The quantitative estimate of drug-likeness (QED) is 0.458. The van der Waals surface area contributed by atoms with E-state index in [1.165, 1.54) is 12.8 Å². The molecule has 0 aromatic heterocycles. The number of carbonyl (C=O) groups excluding carboxylic acids is 1. The maximum absolute atomic E-state index is 12.7. The first kappa shape index (κ1) is 21.3. The molecule has 4 nitrogen and oxygen atoms in total. The maximum Gasteiger partial charge on any atom is 0.338 e. The fraction of sp³-hybridized carbons (Fsp3) is 0.708. The van der Waals surface area contributed by atoms with Gasteiger partial charge in [0.1, 0.15) is 12.2 Å². The van der Waals surface area contributed by atoms with Crippen LogP contribution >= 0.6 is 0 Å². The van der Waals surface area contributed by atoms with Gasteiger partial charge in [-0.3, -0.25) is 0 Å². The zero-order valence-electron chi connectivity index (χ0n) is 18.0. The number of carbonyl (C=O) groups is 1. The van der Waals surface area contributed by atoms with Crippen molar-refractivity contribution in [2.75, 3.05) is 13.7 Å². The molecule has 0 unspecified atom stereocenters. The molecule has 2 fully saturated rings. The highest BCUT2D eigenvalue weighted by atomic mass is 16.6. The molecule has 1 spiro atoms. The monoisotopic (exact) mass is 388 g/mol. The Bertz CT molecular complexity index is 637. The van der Waals surface area contributed by atoms with Gasteiger partial charge in [-0.15, -0.1) is 0 Å². The van der Waals surface area contributed by atoms with Crippen LogP contribution in [-0.4, -0.2) is 37.5 Å². The summed E-state index contributed by atoms with van der Waals surface area (Å²) < 4.78 is 18.0. The lowest BCUT2D eigenvalue weighted by atomic mass is 9.65. The average Bonchev–Trinajstić information content (AvgIpc) is 3.43. The summed E-state index contributed by atoms with van der Waals surface area (Å²) >= 11 is 0. The Morgan fingerprint density at radius 1 is 1.18 bits per heavy atom. The van der Waals surface area contributed by atoms with Crippen LogP contribution < -0.4 is 0 Å². The summed E-state index contributed by atoms with van der Waals surface area (Å²) in [4.78, 5) is 12.7. The molecule has 156 valence electrons. The standard InChI is InChI=1S/C24H36O4/c1-16(2)10-9-11-17(3)20-22(26-5)21(18(4)14-24(20)15-27-24)28-23(25)19-12-7-6-8-13-19/h6-8,12-13,16-18,20-22H,9-11,14-15H2,1-5H3/t17-,18+,20-,21+,22-,24-/m0/s1. The van der Waals surface area contributed by atoms with Gasteiger partial charge in [0.15, 0.2) is 0 Å². The van der Waals surface area contributed by atoms with E-state index in [-0.39, 0.29) is 35.6 Å². The summed E-state index contributed by atoms with van der Waals surface area (Å²) in [6.07, 6.45) is 4.16. The van der Waals surface area contributed by atoms with E-state index in [2.05, 4.69) is 27.7 Å². The van der Waals surface area contributed by atoms with Crippen molar-refractivity contribution in [2.24, 2.45) is 23.7 Å². The lowest BCUT2D eigenvalue weighted by molar-refractivity contribution is -0.138. The van der Waals surface area contributed by atoms with Gasteiger partial charge in [0.25, 0.3) is 0 Å². The number of hydrogen-bond donors (Lipinski definition) is 0. The van der Waals surface area contributed by atoms with Crippen LogP contribution in [0.25, 0.3) is 0 Å². The van der Waals surface area contributed by atoms with Crippen LogP contribution in [0.4, 0.5) is 0 Å². The van der Waals surface area contributed by atoms with Crippen LogP contribution in [0, 0.1) is 23.7 Å². The molecule has 1 aliphatic heterocycles. The fourth-order valence-corrected chi connectivity index (χ4v) is 5.13. The second-order valence-electron chi connectivity index (χ2n) is 9.30. The molecule has 0 bridgehead atoms. The van der Waals surface area contributed by atoms with Crippen molar-refractivity contribution in [2.45, 2.75) is 71.2 Å². The molecule has 1 aromatic carbocycles. The molecule has 1 heterocycles. The first-order valence-electron chi connectivity index (χ1n) is 10.8. The summed E-state index contributed by atoms with van der Waals surface area (Å²) in [5.74, 6) is 1.39. The molecule has 1 saturated carbocycles. The van der Waals surface area contributed by atoms with Gasteiger partial charge < -0.3 is 14.2 Å². The summed E-state index contributed by atoms with van der Waals surface area (Å²) in [5.41, 5.74) is 0.501. The SMILES string of the molecule is CO[C@@H]1[C@H](OC(=O)c2ccccc2)[C@H](C)C[C@]2(CO2)[C@H]1[C@@H](C)CCCC(C)C. The number of rotatable bonds is 8. The topological polar surface area (TPSA) is 48.1 Å². The van der Waals surface area contributed by atoms with Crippen molar-refractivity contribution in [3.05, 3.63) is 35.9 Å². The van der Waals surface area contributed by atoms with Gasteiger partial charge in [-0.1, -0.05) is 65.2 Å². The van der Waals surface area contributed by atoms with Crippen LogP contribution in [0.3, 0.4) is 0 Å².